The van der Waals surface area contributed by atoms with Gasteiger partial charge in [-0.1, -0.05) is 30.3 Å². The summed E-state index contributed by atoms with van der Waals surface area (Å²) < 4.78 is 0. The number of amides is 2. The number of Topliss-reactive ketones (excluding diaryl/α,β-unsaturated/α-hetero) is 1. The standard InChI is InChI=1S/C23H28N4O3/c1-17(28)19-15-20(25-24-19)21(29)27-14-11-23(16-27)10-6-13-26(22(23)30)12-5-9-18-7-3-2-4-8-18/h2-4,7-8,15H,5-6,9-14,16H2,1H3,(H,24,25). The number of hydrogen-bond acceptors (Lipinski definition) is 4. The Bertz CT molecular complexity index is 939. The summed E-state index contributed by atoms with van der Waals surface area (Å²) >= 11 is 0. The van der Waals surface area contributed by atoms with Gasteiger partial charge in [0.15, 0.2) is 5.78 Å². The maximum Gasteiger partial charge on any atom is 0.271 e. The molecule has 0 saturated carbocycles. The Hall–Kier alpha value is -2.96. The van der Waals surface area contributed by atoms with Crippen LogP contribution >= 0.6 is 0 Å². The fraction of sp³-hybridized carbons (Fsp3) is 0.478. The highest BCUT2D eigenvalue weighted by molar-refractivity contribution is 5.98. The first-order chi connectivity index (χ1) is 14.5. The summed E-state index contributed by atoms with van der Waals surface area (Å²) in [5, 5.41) is 6.56. The number of aryl methyl sites for hydroxylation is 1. The van der Waals surface area contributed by atoms with Gasteiger partial charge in [-0.15, -0.1) is 0 Å². The fourth-order valence-corrected chi connectivity index (χ4v) is 4.69. The number of nitrogens with one attached hydrogen (secondary N) is 1. The van der Waals surface area contributed by atoms with Crippen LogP contribution in [0.25, 0.3) is 0 Å². The highest BCUT2D eigenvalue weighted by atomic mass is 16.2. The molecule has 1 spiro atoms. The number of ketones is 1. The van der Waals surface area contributed by atoms with Crippen LogP contribution in [0.3, 0.4) is 0 Å². The molecule has 7 heteroatoms. The van der Waals surface area contributed by atoms with Crippen LogP contribution in [0.5, 0.6) is 0 Å². The van der Waals surface area contributed by atoms with Crippen molar-refractivity contribution in [1.82, 2.24) is 20.0 Å². The SMILES string of the molecule is CC(=O)c1cc(C(=O)N2CCC3(CCCN(CCCc4ccccc4)C3=O)C2)[nH]n1. The first-order valence-electron chi connectivity index (χ1n) is 10.7. The number of piperidine rings is 1. The van der Waals surface area contributed by atoms with Gasteiger partial charge in [0.25, 0.3) is 5.91 Å². The van der Waals surface area contributed by atoms with Crippen molar-refractivity contribution >= 4 is 17.6 Å². The van der Waals surface area contributed by atoms with Crippen molar-refractivity contribution in [2.75, 3.05) is 26.2 Å². The molecule has 1 aromatic carbocycles. The van der Waals surface area contributed by atoms with Crippen LogP contribution in [0.2, 0.25) is 0 Å². The van der Waals surface area contributed by atoms with Crippen molar-refractivity contribution in [2.45, 2.75) is 39.0 Å². The predicted octanol–water partition coefficient (Wildman–Crippen LogP) is 2.70. The molecule has 2 aromatic rings. The van der Waals surface area contributed by atoms with E-state index in [-0.39, 0.29) is 23.3 Å². The molecule has 3 heterocycles. The molecule has 2 saturated heterocycles. The highest BCUT2D eigenvalue weighted by Crippen LogP contribution is 2.40. The van der Waals surface area contributed by atoms with E-state index < -0.39 is 5.41 Å². The molecule has 7 nitrogen and oxygen atoms in total. The van der Waals surface area contributed by atoms with Crippen molar-refractivity contribution in [3.05, 3.63) is 53.3 Å². The lowest BCUT2D eigenvalue weighted by Crippen LogP contribution is -2.50. The largest absolute Gasteiger partial charge is 0.342 e. The number of nitrogens with zero attached hydrogens (tertiary/aromatic N) is 3. The van der Waals surface area contributed by atoms with Crippen molar-refractivity contribution < 1.29 is 14.4 Å². The Morgan fingerprint density at radius 3 is 2.70 bits per heavy atom. The van der Waals surface area contributed by atoms with Gasteiger partial charge >= 0.3 is 0 Å². The van der Waals surface area contributed by atoms with Gasteiger partial charge in [-0.2, -0.15) is 5.10 Å². The number of rotatable bonds is 6. The summed E-state index contributed by atoms with van der Waals surface area (Å²) in [6.45, 7) is 3.96. The second-order valence-corrected chi connectivity index (χ2v) is 8.46. The smallest absolute Gasteiger partial charge is 0.271 e. The molecular weight excluding hydrogens is 380 g/mol. The number of carbonyl (C=O) groups excluding carboxylic acids is 3. The van der Waals surface area contributed by atoms with Crippen LogP contribution in [-0.4, -0.2) is 63.8 Å². The normalized spacial score (nSPS) is 21.4. The van der Waals surface area contributed by atoms with Gasteiger partial charge < -0.3 is 9.80 Å². The van der Waals surface area contributed by atoms with Gasteiger partial charge in [0, 0.05) is 33.1 Å². The number of carbonyl (C=O) groups is 3. The Labute approximate surface area is 176 Å². The maximum atomic E-state index is 13.3. The van der Waals surface area contributed by atoms with Crippen LogP contribution in [0.1, 0.15) is 59.1 Å². The van der Waals surface area contributed by atoms with Crippen molar-refractivity contribution in [1.29, 1.82) is 0 Å². The zero-order valence-corrected chi connectivity index (χ0v) is 17.4. The lowest BCUT2D eigenvalue weighted by molar-refractivity contribution is -0.145. The van der Waals surface area contributed by atoms with Gasteiger partial charge in [-0.05, 0) is 43.7 Å². The minimum absolute atomic E-state index is 0.184. The molecule has 0 bridgehead atoms. The van der Waals surface area contributed by atoms with E-state index in [0.717, 1.165) is 38.8 Å². The molecule has 2 fully saturated rings. The third kappa shape index (κ3) is 4.01. The molecule has 1 N–H and O–H groups in total. The van der Waals surface area contributed by atoms with Gasteiger partial charge in [0.05, 0.1) is 5.41 Å². The predicted molar refractivity (Wildman–Crippen MR) is 112 cm³/mol. The van der Waals surface area contributed by atoms with Crippen LogP contribution in [0, 0.1) is 5.41 Å². The summed E-state index contributed by atoms with van der Waals surface area (Å²) in [6, 6.07) is 11.8. The zero-order chi connectivity index (χ0) is 21.1. The van der Waals surface area contributed by atoms with Crippen LogP contribution < -0.4 is 0 Å². The summed E-state index contributed by atoms with van der Waals surface area (Å²) in [6.07, 6.45) is 4.39. The van der Waals surface area contributed by atoms with E-state index >= 15 is 0 Å². The van der Waals surface area contributed by atoms with Crippen LogP contribution in [-0.2, 0) is 11.2 Å². The number of hydrogen-bond donors (Lipinski definition) is 1. The zero-order valence-electron chi connectivity index (χ0n) is 17.4. The summed E-state index contributed by atoms with van der Waals surface area (Å²) in [4.78, 5) is 41.3. The number of likely N-dealkylation sites (tertiary alicyclic amines) is 2. The molecule has 4 rings (SSSR count). The maximum absolute atomic E-state index is 13.3. The molecule has 0 aliphatic carbocycles. The van der Waals surface area contributed by atoms with Crippen LogP contribution in [0.4, 0.5) is 0 Å². The molecule has 2 aliphatic rings. The van der Waals surface area contributed by atoms with Gasteiger partial charge in [-0.3, -0.25) is 19.5 Å². The fourth-order valence-electron chi connectivity index (χ4n) is 4.69. The topological polar surface area (TPSA) is 86.4 Å². The molecule has 158 valence electrons. The minimum Gasteiger partial charge on any atom is -0.342 e. The van der Waals surface area contributed by atoms with Crippen molar-refractivity contribution in [3.8, 4) is 0 Å². The van der Waals surface area contributed by atoms with E-state index in [0.29, 0.717) is 25.2 Å². The number of aromatic amines is 1. The van der Waals surface area contributed by atoms with Crippen molar-refractivity contribution in [3.63, 3.8) is 0 Å². The molecule has 1 aromatic heterocycles. The Morgan fingerprint density at radius 1 is 1.17 bits per heavy atom. The summed E-state index contributed by atoms with van der Waals surface area (Å²) in [7, 11) is 0. The molecule has 2 aliphatic heterocycles. The lowest BCUT2D eigenvalue weighted by atomic mass is 9.78. The Balaban J connectivity index is 1.37. The van der Waals surface area contributed by atoms with E-state index in [9.17, 15) is 14.4 Å². The molecular formula is C23H28N4O3. The Morgan fingerprint density at radius 2 is 1.97 bits per heavy atom. The third-order valence-electron chi connectivity index (χ3n) is 6.37. The van der Waals surface area contributed by atoms with Crippen molar-refractivity contribution in [2.24, 2.45) is 5.41 Å². The van der Waals surface area contributed by atoms with Gasteiger partial charge in [-0.25, -0.2) is 0 Å². The second kappa shape index (κ2) is 8.42. The number of H-pyrrole nitrogens is 1. The molecule has 1 atom stereocenters. The Kier molecular flexibility index (Phi) is 5.70. The minimum atomic E-state index is -0.468. The molecule has 1 unspecified atom stereocenters. The second-order valence-electron chi connectivity index (χ2n) is 8.46. The average molecular weight is 409 g/mol. The first kappa shape index (κ1) is 20.3. The average Bonchev–Trinajstić information content (AvgIpc) is 3.40. The lowest BCUT2D eigenvalue weighted by Gasteiger charge is -2.39. The first-order valence-corrected chi connectivity index (χ1v) is 10.7. The molecule has 2 amide bonds. The highest BCUT2D eigenvalue weighted by Gasteiger charge is 2.49. The number of aromatic nitrogens is 2. The third-order valence-corrected chi connectivity index (χ3v) is 6.37. The molecule has 0 radical (unpaired) electrons. The van der Waals surface area contributed by atoms with E-state index in [1.165, 1.54) is 18.6 Å². The van der Waals surface area contributed by atoms with Crippen LogP contribution in [0.15, 0.2) is 36.4 Å². The van der Waals surface area contributed by atoms with Gasteiger partial charge in [0.2, 0.25) is 5.91 Å². The molecule has 30 heavy (non-hydrogen) atoms. The summed E-state index contributed by atoms with van der Waals surface area (Å²) in [5.74, 6) is -0.191. The summed E-state index contributed by atoms with van der Waals surface area (Å²) in [5.41, 5.74) is 1.38. The number of benzene rings is 1. The van der Waals surface area contributed by atoms with E-state index in [4.69, 9.17) is 0 Å². The quantitative estimate of drug-likeness (QED) is 0.745. The van der Waals surface area contributed by atoms with E-state index in [1.54, 1.807) is 4.90 Å². The van der Waals surface area contributed by atoms with E-state index in [2.05, 4.69) is 22.3 Å². The van der Waals surface area contributed by atoms with E-state index in [1.807, 2.05) is 23.1 Å². The van der Waals surface area contributed by atoms with Gasteiger partial charge in [0.1, 0.15) is 11.4 Å². The monoisotopic (exact) mass is 408 g/mol.